The first-order valence-corrected chi connectivity index (χ1v) is 8.52. The van der Waals surface area contributed by atoms with Crippen molar-refractivity contribution in [2.24, 2.45) is 0 Å². The van der Waals surface area contributed by atoms with Crippen LogP contribution in [0.4, 0.5) is 0 Å². The van der Waals surface area contributed by atoms with Gasteiger partial charge in [-0.1, -0.05) is 32.6 Å². The third-order valence-electron chi connectivity index (χ3n) is 4.52. The highest BCUT2D eigenvalue weighted by molar-refractivity contribution is 5.15. The second-order valence-corrected chi connectivity index (χ2v) is 6.04. The van der Waals surface area contributed by atoms with Crippen LogP contribution in [-0.2, 0) is 9.47 Å². The predicted octanol–water partition coefficient (Wildman–Crippen LogP) is 3.79. The summed E-state index contributed by atoms with van der Waals surface area (Å²) in [5.74, 6) is 1.13. The van der Waals surface area contributed by atoms with Crippen LogP contribution in [0.25, 0.3) is 0 Å². The summed E-state index contributed by atoms with van der Waals surface area (Å²) in [5.41, 5.74) is -0.0589. The van der Waals surface area contributed by atoms with E-state index in [0.717, 1.165) is 51.2 Å². The molecule has 0 saturated heterocycles. The van der Waals surface area contributed by atoms with E-state index >= 15 is 0 Å². The van der Waals surface area contributed by atoms with Gasteiger partial charge in [0.15, 0.2) is 0 Å². The Morgan fingerprint density at radius 2 is 2.00 bits per heavy atom. The van der Waals surface area contributed by atoms with Crippen LogP contribution in [0.5, 0.6) is 0 Å². The number of nitrogens with one attached hydrogen (secondary N) is 1. The lowest BCUT2D eigenvalue weighted by Gasteiger charge is -2.41. The molecule has 0 aromatic rings. The second kappa shape index (κ2) is 8.04. The first-order chi connectivity index (χ1) is 9.82. The molecule has 116 valence electrons. The Morgan fingerprint density at radius 3 is 2.55 bits per heavy atom. The standard InChI is InChI=1S/C17H31NO2/c1-3-13-18-16(15-10-9-14-19-15)17(20-4-2)11-7-5-6-8-12-17/h10,16,18H,3-9,11-14H2,1-2H3. The fourth-order valence-electron chi connectivity index (χ4n) is 3.60. The molecule has 0 amide bonds. The van der Waals surface area contributed by atoms with Crippen molar-refractivity contribution >= 4 is 0 Å². The average Bonchev–Trinajstić information content (AvgIpc) is 2.87. The Bertz CT molecular complexity index is 306. The Hall–Kier alpha value is -0.540. The molecule has 1 atom stereocenters. The Labute approximate surface area is 124 Å². The summed E-state index contributed by atoms with van der Waals surface area (Å²) >= 11 is 0. The molecule has 0 aromatic carbocycles. The molecule has 0 bridgehead atoms. The van der Waals surface area contributed by atoms with Gasteiger partial charge >= 0.3 is 0 Å². The quantitative estimate of drug-likeness (QED) is 0.720. The number of hydrogen-bond donors (Lipinski definition) is 1. The van der Waals surface area contributed by atoms with Gasteiger partial charge < -0.3 is 14.8 Å². The van der Waals surface area contributed by atoms with Crippen LogP contribution >= 0.6 is 0 Å². The van der Waals surface area contributed by atoms with Crippen LogP contribution in [0.1, 0.15) is 65.2 Å². The van der Waals surface area contributed by atoms with Crippen LogP contribution in [0.2, 0.25) is 0 Å². The van der Waals surface area contributed by atoms with Crippen molar-refractivity contribution in [3.63, 3.8) is 0 Å². The molecule has 0 aromatic heterocycles. The zero-order valence-corrected chi connectivity index (χ0v) is 13.2. The lowest BCUT2D eigenvalue weighted by molar-refractivity contribution is -0.0775. The third kappa shape index (κ3) is 3.76. The zero-order valence-electron chi connectivity index (χ0n) is 13.2. The monoisotopic (exact) mass is 281 g/mol. The van der Waals surface area contributed by atoms with E-state index in [1.807, 2.05) is 0 Å². The Balaban J connectivity index is 2.19. The Morgan fingerprint density at radius 1 is 1.25 bits per heavy atom. The van der Waals surface area contributed by atoms with Crippen molar-refractivity contribution in [3.8, 4) is 0 Å². The average molecular weight is 281 g/mol. The summed E-state index contributed by atoms with van der Waals surface area (Å²) in [4.78, 5) is 0. The molecule has 1 heterocycles. The van der Waals surface area contributed by atoms with E-state index in [4.69, 9.17) is 9.47 Å². The SMILES string of the molecule is CCCNC(C1=CCCO1)C1(OCC)CCCCCC1. The van der Waals surface area contributed by atoms with Crippen molar-refractivity contribution in [2.45, 2.75) is 76.9 Å². The largest absolute Gasteiger partial charge is 0.496 e. The van der Waals surface area contributed by atoms with Gasteiger partial charge in [0.25, 0.3) is 0 Å². The molecule has 1 unspecified atom stereocenters. The molecule has 0 radical (unpaired) electrons. The molecule has 3 heteroatoms. The van der Waals surface area contributed by atoms with Crippen molar-refractivity contribution in [1.29, 1.82) is 0 Å². The van der Waals surface area contributed by atoms with Gasteiger partial charge in [-0.15, -0.1) is 0 Å². The van der Waals surface area contributed by atoms with Crippen LogP contribution < -0.4 is 5.32 Å². The lowest BCUT2D eigenvalue weighted by atomic mass is 9.84. The van der Waals surface area contributed by atoms with Crippen molar-refractivity contribution in [3.05, 3.63) is 11.8 Å². The zero-order chi connectivity index (χ0) is 14.3. The molecule has 1 N–H and O–H groups in total. The lowest BCUT2D eigenvalue weighted by Crippen LogP contribution is -2.54. The van der Waals surface area contributed by atoms with Gasteiger partial charge in [0.05, 0.1) is 18.2 Å². The second-order valence-electron chi connectivity index (χ2n) is 6.04. The van der Waals surface area contributed by atoms with E-state index in [2.05, 4.69) is 25.2 Å². The minimum atomic E-state index is -0.0589. The molecule has 1 aliphatic carbocycles. The van der Waals surface area contributed by atoms with Gasteiger partial charge in [0.2, 0.25) is 0 Å². The molecule has 3 nitrogen and oxygen atoms in total. The third-order valence-corrected chi connectivity index (χ3v) is 4.52. The van der Waals surface area contributed by atoms with Crippen molar-refractivity contribution < 1.29 is 9.47 Å². The fraction of sp³-hybridized carbons (Fsp3) is 0.882. The predicted molar refractivity (Wildman–Crippen MR) is 82.8 cm³/mol. The number of hydrogen-bond acceptors (Lipinski definition) is 3. The van der Waals surface area contributed by atoms with Gasteiger partial charge in [0.1, 0.15) is 5.76 Å². The molecular weight excluding hydrogens is 250 g/mol. The minimum Gasteiger partial charge on any atom is -0.496 e. The molecular formula is C17H31NO2. The van der Waals surface area contributed by atoms with Crippen molar-refractivity contribution in [1.82, 2.24) is 5.32 Å². The van der Waals surface area contributed by atoms with Crippen LogP contribution in [0.15, 0.2) is 11.8 Å². The molecule has 1 saturated carbocycles. The molecule has 1 aliphatic heterocycles. The number of rotatable bonds is 7. The first kappa shape index (κ1) is 15.8. The summed E-state index contributed by atoms with van der Waals surface area (Å²) in [6.07, 6.45) is 12.0. The topological polar surface area (TPSA) is 30.5 Å². The van der Waals surface area contributed by atoms with Crippen LogP contribution in [-0.4, -0.2) is 31.4 Å². The molecule has 2 aliphatic rings. The van der Waals surface area contributed by atoms with Gasteiger partial charge in [-0.3, -0.25) is 0 Å². The normalized spacial score (nSPS) is 23.8. The maximum atomic E-state index is 6.34. The summed E-state index contributed by atoms with van der Waals surface area (Å²) in [7, 11) is 0. The fourth-order valence-corrected chi connectivity index (χ4v) is 3.60. The molecule has 1 fully saturated rings. The Kier molecular flexibility index (Phi) is 6.37. The minimum absolute atomic E-state index is 0.0589. The highest BCUT2D eigenvalue weighted by atomic mass is 16.5. The molecule has 20 heavy (non-hydrogen) atoms. The van der Waals surface area contributed by atoms with E-state index in [0.29, 0.717) is 0 Å². The van der Waals surface area contributed by atoms with Crippen LogP contribution in [0, 0.1) is 0 Å². The van der Waals surface area contributed by atoms with E-state index < -0.39 is 0 Å². The maximum Gasteiger partial charge on any atom is 0.112 e. The van der Waals surface area contributed by atoms with Gasteiger partial charge in [-0.2, -0.15) is 0 Å². The first-order valence-electron chi connectivity index (χ1n) is 8.52. The molecule has 0 spiro atoms. The van der Waals surface area contributed by atoms with E-state index in [9.17, 15) is 0 Å². The van der Waals surface area contributed by atoms with Gasteiger partial charge in [0, 0.05) is 13.0 Å². The maximum absolute atomic E-state index is 6.34. The number of ether oxygens (including phenoxy) is 2. The molecule has 2 rings (SSSR count). The van der Waals surface area contributed by atoms with Gasteiger partial charge in [-0.25, -0.2) is 0 Å². The van der Waals surface area contributed by atoms with E-state index in [1.165, 1.54) is 25.7 Å². The smallest absolute Gasteiger partial charge is 0.112 e. The summed E-state index contributed by atoms with van der Waals surface area (Å²) in [5, 5.41) is 3.72. The summed E-state index contributed by atoms with van der Waals surface area (Å²) in [6.45, 7) is 6.99. The van der Waals surface area contributed by atoms with E-state index in [-0.39, 0.29) is 11.6 Å². The van der Waals surface area contributed by atoms with Crippen LogP contribution in [0.3, 0.4) is 0 Å². The van der Waals surface area contributed by atoms with Crippen molar-refractivity contribution in [2.75, 3.05) is 19.8 Å². The highest BCUT2D eigenvalue weighted by Gasteiger charge is 2.42. The van der Waals surface area contributed by atoms with Gasteiger partial charge in [-0.05, 0) is 38.8 Å². The highest BCUT2D eigenvalue weighted by Crippen LogP contribution is 2.37. The van der Waals surface area contributed by atoms with E-state index in [1.54, 1.807) is 0 Å². The summed E-state index contributed by atoms with van der Waals surface area (Å²) in [6, 6.07) is 0.239. The summed E-state index contributed by atoms with van der Waals surface area (Å²) < 4.78 is 12.2.